The minimum atomic E-state index is -1.02. The first-order valence-electron chi connectivity index (χ1n) is 18.4. The lowest BCUT2D eigenvalue weighted by Gasteiger charge is -2.39. The molecule has 0 saturated heterocycles. The summed E-state index contributed by atoms with van der Waals surface area (Å²) >= 11 is 0. The molecule has 9 nitrogen and oxygen atoms in total. The Hall–Kier alpha value is -4.70. The van der Waals surface area contributed by atoms with Crippen molar-refractivity contribution in [2.45, 2.75) is 58.2 Å². The van der Waals surface area contributed by atoms with Crippen molar-refractivity contribution in [2.24, 2.45) is 0 Å². The van der Waals surface area contributed by atoms with Gasteiger partial charge < -0.3 is 29.7 Å². The highest BCUT2D eigenvalue weighted by Crippen LogP contribution is 2.38. The summed E-state index contributed by atoms with van der Waals surface area (Å²) in [5, 5.41) is 6.48. The van der Waals surface area contributed by atoms with Crippen LogP contribution in [0.15, 0.2) is 103 Å². The van der Waals surface area contributed by atoms with Crippen LogP contribution in [0.25, 0.3) is 0 Å². The topological polar surface area (TPSA) is 92.4 Å². The monoisotopic (exact) mass is 706 g/mol. The van der Waals surface area contributed by atoms with Gasteiger partial charge in [-0.15, -0.1) is 0 Å². The maximum atomic E-state index is 13.8. The molecule has 0 fully saturated rings. The second-order valence-electron chi connectivity index (χ2n) is 13.9. The van der Waals surface area contributed by atoms with E-state index in [1.807, 2.05) is 48.5 Å². The van der Waals surface area contributed by atoms with Crippen LogP contribution in [-0.4, -0.2) is 75.4 Å². The van der Waals surface area contributed by atoms with Crippen LogP contribution in [-0.2, 0) is 22.6 Å². The Balaban J connectivity index is 1.14. The molecule has 1 atom stereocenters. The fourth-order valence-corrected chi connectivity index (χ4v) is 6.35. The molecule has 0 aromatic heterocycles. The first-order valence-corrected chi connectivity index (χ1v) is 18.4. The Labute approximate surface area is 309 Å². The van der Waals surface area contributed by atoms with Gasteiger partial charge in [-0.3, -0.25) is 14.5 Å². The van der Waals surface area contributed by atoms with E-state index < -0.39 is 5.60 Å². The van der Waals surface area contributed by atoms with Crippen molar-refractivity contribution in [1.82, 2.24) is 15.5 Å². The molecule has 0 saturated carbocycles. The fourth-order valence-electron chi connectivity index (χ4n) is 6.35. The van der Waals surface area contributed by atoms with Crippen LogP contribution in [0.2, 0.25) is 0 Å². The highest BCUT2D eigenvalue weighted by Gasteiger charge is 2.41. The molecule has 2 N–H and O–H groups in total. The quantitative estimate of drug-likeness (QED) is 0.0975. The predicted molar refractivity (Wildman–Crippen MR) is 207 cm³/mol. The van der Waals surface area contributed by atoms with Crippen LogP contribution in [0.1, 0.15) is 66.6 Å². The second kappa shape index (κ2) is 19.2. The van der Waals surface area contributed by atoms with Gasteiger partial charge in [-0.25, -0.2) is 0 Å². The normalized spacial score (nSPS) is 14.1. The number of amides is 2. The number of anilines is 1. The third-order valence-electron chi connectivity index (χ3n) is 9.31. The molecule has 0 unspecified atom stereocenters. The molecule has 1 heterocycles. The first-order chi connectivity index (χ1) is 25.2. The Morgan fingerprint density at radius 3 is 2.27 bits per heavy atom. The van der Waals surface area contributed by atoms with E-state index in [4.69, 9.17) is 14.2 Å². The number of fused-ring (bicyclic) bond motifs is 1. The van der Waals surface area contributed by atoms with Crippen molar-refractivity contribution < 1.29 is 23.8 Å². The molecular weight excluding hydrogens is 652 g/mol. The van der Waals surface area contributed by atoms with E-state index in [1.165, 1.54) is 16.7 Å². The van der Waals surface area contributed by atoms with Gasteiger partial charge in [0.15, 0.2) is 5.60 Å². The number of nitrogens with one attached hydrogen (secondary N) is 2. The van der Waals surface area contributed by atoms with Crippen LogP contribution in [0.5, 0.6) is 11.5 Å². The predicted octanol–water partition coefficient (Wildman–Crippen LogP) is 6.82. The number of hydrogen-bond donors (Lipinski definition) is 2. The molecule has 2 amide bonds. The molecule has 276 valence electrons. The summed E-state index contributed by atoms with van der Waals surface area (Å²) in [6.45, 7) is 11.7. The van der Waals surface area contributed by atoms with Gasteiger partial charge in [0.2, 0.25) is 0 Å². The SMILES string of the molecule is COCCCOc1cccc([C@H](C)CCNCCNC(=O)c2ccc3c(c2)N(CCN(Cc2ccccc2)Cc2ccccc2)C(=O)C(C)(C)O3)c1. The number of ether oxygens (including phenoxy) is 3. The molecule has 0 aliphatic carbocycles. The van der Waals surface area contributed by atoms with Crippen LogP contribution >= 0.6 is 0 Å². The Kier molecular flexibility index (Phi) is 14.2. The van der Waals surface area contributed by atoms with E-state index in [1.54, 1.807) is 44.1 Å². The second-order valence-corrected chi connectivity index (χ2v) is 13.9. The first kappa shape index (κ1) is 38.5. The number of methoxy groups -OCH3 is 1. The van der Waals surface area contributed by atoms with Crippen molar-refractivity contribution in [3.63, 3.8) is 0 Å². The molecule has 52 heavy (non-hydrogen) atoms. The van der Waals surface area contributed by atoms with Gasteiger partial charge in [0.25, 0.3) is 11.8 Å². The summed E-state index contributed by atoms with van der Waals surface area (Å²) in [6, 6.07) is 34.4. The van der Waals surface area contributed by atoms with Gasteiger partial charge in [0, 0.05) is 65.0 Å². The Morgan fingerprint density at radius 2 is 1.58 bits per heavy atom. The number of carbonyl (C=O) groups is 2. The summed E-state index contributed by atoms with van der Waals surface area (Å²) in [4.78, 5) is 31.2. The Morgan fingerprint density at radius 1 is 0.865 bits per heavy atom. The lowest BCUT2D eigenvalue weighted by Crippen LogP contribution is -2.54. The molecule has 0 bridgehead atoms. The highest BCUT2D eigenvalue weighted by atomic mass is 16.5. The van der Waals surface area contributed by atoms with Crippen molar-refractivity contribution in [3.05, 3.63) is 125 Å². The van der Waals surface area contributed by atoms with Gasteiger partial charge in [-0.2, -0.15) is 0 Å². The van der Waals surface area contributed by atoms with Crippen molar-refractivity contribution >= 4 is 17.5 Å². The third-order valence-corrected chi connectivity index (χ3v) is 9.31. The van der Waals surface area contributed by atoms with Crippen LogP contribution in [0, 0.1) is 0 Å². The van der Waals surface area contributed by atoms with Crippen LogP contribution in [0.3, 0.4) is 0 Å². The average Bonchev–Trinajstić information content (AvgIpc) is 3.15. The van der Waals surface area contributed by atoms with Crippen molar-refractivity contribution in [1.29, 1.82) is 0 Å². The van der Waals surface area contributed by atoms with Crippen LogP contribution in [0.4, 0.5) is 5.69 Å². The molecule has 0 radical (unpaired) electrons. The number of nitrogens with zero attached hydrogens (tertiary/aromatic N) is 2. The zero-order chi connectivity index (χ0) is 36.8. The van der Waals surface area contributed by atoms with Crippen LogP contribution < -0.4 is 25.0 Å². The third kappa shape index (κ3) is 11.1. The largest absolute Gasteiger partial charge is 0.493 e. The number of hydrogen-bond acceptors (Lipinski definition) is 7. The van der Waals surface area contributed by atoms with Crippen molar-refractivity contribution in [3.8, 4) is 11.5 Å². The van der Waals surface area contributed by atoms with Gasteiger partial charge in [-0.05, 0) is 79.8 Å². The van der Waals surface area contributed by atoms with Gasteiger partial charge in [0.05, 0.1) is 12.3 Å². The molecule has 5 rings (SSSR count). The maximum absolute atomic E-state index is 13.8. The number of rotatable bonds is 20. The van der Waals surface area contributed by atoms with Gasteiger partial charge in [0.1, 0.15) is 11.5 Å². The van der Waals surface area contributed by atoms with Gasteiger partial charge in [-0.1, -0.05) is 79.7 Å². The molecular formula is C43H54N4O5. The lowest BCUT2D eigenvalue weighted by atomic mass is 9.97. The summed E-state index contributed by atoms with van der Waals surface area (Å²) in [7, 11) is 1.70. The molecule has 1 aliphatic heterocycles. The average molecular weight is 707 g/mol. The van der Waals surface area contributed by atoms with E-state index >= 15 is 0 Å². The molecule has 9 heteroatoms. The maximum Gasteiger partial charge on any atom is 0.270 e. The van der Waals surface area contributed by atoms with Gasteiger partial charge >= 0.3 is 0 Å². The zero-order valence-corrected chi connectivity index (χ0v) is 31.1. The van der Waals surface area contributed by atoms with E-state index in [0.717, 1.165) is 38.2 Å². The van der Waals surface area contributed by atoms with E-state index in [9.17, 15) is 9.59 Å². The highest BCUT2D eigenvalue weighted by molar-refractivity contribution is 6.04. The van der Waals surface area contributed by atoms with E-state index in [0.29, 0.717) is 62.3 Å². The summed E-state index contributed by atoms with van der Waals surface area (Å²) in [5.74, 6) is 1.53. The van der Waals surface area contributed by atoms with Crippen molar-refractivity contribution in [2.75, 3.05) is 57.9 Å². The molecule has 4 aromatic rings. The smallest absolute Gasteiger partial charge is 0.270 e. The minimum Gasteiger partial charge on any atom is -0.493 e. The summed E-state index contributed by atoms with van der Waals surface area (Å²) < 4.78 is 17.1. The van der Waals surface area contributed by atoms with E-state index in [-0.39, 0.29) is 11.8 Å². The fraction of sp³-hybridized carbons (Fsp3) is 0.395. The summed E-state index contributed by atoms with van der Waals surface area (Å²) in [6.07, 6.45) is 1.82. The minimum absolute atomic E-state index is 0.128. The number of benzene rings is 4. The Bertz CT molecular complexity index is 1670. The summed E-state index contributed by atoms with van der Waals surface area (Å²) in [5.41, 5.74) is 3.74. The lowest BCUT2D eigenvalue weighted by molar-refractivity contribution is -0.132. The molecule has 4 aromatic carbocycles. The molecule has 0 spiro atoms. The number of carbonyl (C=O) groups excluding carboxylic acids is 2. The zero-order valence-electron chi connectivity index (χ0n) is 31.1. The molecule has 1 aliphatic rings. The standard InChI is InChI=1S/C43H54N4O5/c1-33(36-17-11-18-38(29-36)51-28-12-27-50-4)21-22-44-23-24-45-41(48)37-19-20-40-39(30-37)47(42(49)43(2,3)52-40)26-25-46(31-34-13-7-5-8-14-34)32-35-15-9-6-10-16-35/h5-11,13-20,29-30,33,44H,12,21-28,31-32H2,1-4H3,(H,45,48)/t33-/m1/s1. The van der Waals surface area contributed by atoms with E-state index in [2.05, 4.69) is 58.9 Å².